The third kappa shape index (κ3) is 8.41. The van der Waals surface area contributed by atoms with E-state index in [-0.39, 0.29) is 23.0 Å². The quantitative estimate of drug-likeness (QED) is 0.250. The van der Waals surface area contributed by atoms with Crippen LogP contribution in [0.4, 0.5) is 8.78 Å². The lowest BCUT2D eigenvalue weighted by Crippen LogP contribution is -2.38. The van der Waals surface area contributed by atoms with Gasteiger partial charge in [-0.1, -0.05) is 24.3 Å². The van der Waals surface area contributed by atoms with Crippen molar-refractivity contribution < 1.29 is 44.7 Å². The molecule has 0 fully saturated rings. The number of hydrogen-bond donors (Lipinski definition) is 0. The molecule has 14 heteroatoms. The lowest BCUT2D eigenvalue weighted by molar-refractivity contribution is -0.144. The predicted octanol–water partition coefficient (Wildman–Crippen LogP) is 3.47. The Hall–Kier alpha value is -3.72. The van der Waals surface area contributed by atoms with Crippen LogP contribution in [-0.4, -0.2) is 63.7 Å². The number of hydrogen-bond acceptors (Lipinski definition) is 8. The van der Waals surface area contributed by atoms with Crippen molar-refractivity contribution >= 4 is 32.0 Å². The van der Waals surface area contributed by atoms with Crippen LogP contribution in [0, 0.1) is 11.6 Å². The molecule has 0 aliphatic heterocycles. The van der Waals surface area contributed by atoms with Crippen molar-refractivity contribution in [1.82, 2.24) is 8.61 Å². The number of benzene rings is 3. The summed E-state index contributed by atoms with van der Waals surface area (Å²) in [5, 5.41) is 0. The van der Waals surface area contributed by atoms with E-state index in [1.165, 1.54) is 0 Å². The van der Waals surface area contributed by atoms with Gasteiger partial charge in [-0.25, -0.2) is 25.6 Å². The van der Waals surface area contributed by atoms with Crippen LogP contribution in [0.2, 0.25) is 0 Å². The average Bonchev–Trinajstić information content (AvgIpc) is 2.94. The second kappa shape index (κ2) is 14.4. The van der Waals surface area contributed by atoms with Gasteiger partial charge in [0.05, 0.1) is 23.0 Å². The second-order valence-electron chi connectivity index (χ2n) is 8.83. The molecule has 0 spiro atoms. The number of carbonyl (C=O) groups excluding carboxylic acids is 2. The highest BCUT2D eigenvalue weighted by Crippen LogP contribution is 2.24. The van der Waals surface area contributed by atoms with Gasteiger partial charge < -0.3 is 9.47 Å². The molecule has 3 aromatic rings. The van der Waals surface area contributed by atoms with E-state index in [0.717, 1.165) is 57.1 Å². The molecule has 0 amide bonds. The van der Waals surface area contributed by atoms with Crippen LogP contribution in [0.5, 0.6) is 0 Å². The summed E-state index contributed by atoms with van der Waals surface area (Å²) in [6.45, 7) is 0.993. The van der Waals surface area contributed by atoms with Crippen LogP contribution in [0.25, 0.3) is 0 Å². The summed E-state index contributed by atoms with van der Waals surface area (Å²) in [6.07, 6.45) is 0. The fraction of sp³-hybridized carbons (Fsp3) is 0.286. The number of carbonyl (C=O) groups is 2. The molecule has 0 atom stereocenters. The molecular formula is C28H30F2N2O8S2. The smallest absolute Gasteiger partial charge is 0.321 e. The Balaban J connectivity index is 2.02. The van der Waals surface area contributed by atoms with E-state index in [4.69, 9.17) is 9.47 Å². The van der Waals surface area contributed by atoms with Crippen LogP contribution in [-0.2, 0) is 52.2 Å². The molecule has 0 aliphatic rings. The maximum Gasteiger partial charge on any atom is 0.321 e. The molecule has 0 N–H and O–H groups in total. The zero-order chi connectivity index (χ0) is 30.9. The van der Waals surface area contributed by atoms with Crippen molar-refractivity contribution in [3.05, 3.63) is 95.6 Å². The highest BCUT2D eigenvalue weighted by Gasteiger charge is 2.31. The molecule has 0 saturated carbocycles. The largest absolute Gasteiger partial charge is 0.465 e. The molecule has 226 valence electrons. The van der Waals surface area contributed by atoms with Crippen molar-refractivity contribution in [2.45, 2.75) is 36.7 Å². The van der Waals surface area contributed by atoms with Gasteiger partial charge in [0.15, 0.2) is 0 Å². The Labute approximate surface area is 243 Å². The zero-order valence-corrected chi connectivity index (χ0v) is 24.5. The summed E-state index contributed by atoms with van der Waals surface area (Å²) in [5.41, 5.74) is 0.631. The molecular weight excluding hydrogens is 594 g/mol. The van der Waals surface area contributed by atoms with Gasteiger partial charge in [-0.15, -0.1) is 0 Å². The summed E-state index contributed by atoms with van der Waals surface area (Å²) >= 11 is 0. The topological polar surface area (TPSA) is 127 Å². The summed E-state index contributed by atoms with van der Waals surface area (Å²) in [5.74, 6) is -2.97. The Morgan fingerprint density at radius 1 is 0.619 bits per heavy atom. The lowest BCUT2D eigenvalue weighted by Gasteiger charge is -2.25. The monoisotopic (exact) mass is 624 g/mol. The van der Waals surface area contributed by atoms with Gasteiger partial charge in [0, 0.05) is 13.1 Å². The van der Waals surface area contributed by atoms with Crippen LogP contribution in [0.3, 0.4) is 0 Å². The molecule has 0 heterocycles. The molecule has 42 heavy (non-hydrogen) atoms. The number of halogens is 2. The van der Waals surface area contributed by atoms with Crippen molar-refractivity contribution in [2.24, 2.45) is 0 Å². The number of esters is 2. The van der Waals surface area contributed by atoms with E-state index >= 15 is 0 Å². The lowest BCUT2D eigenvalue weighted by atomic mass is 10.1. The molecule has 0 aromatic heterocycles. The van der Waals surface area contributed by atoms with Crippen molar-refractivity contribution in [3.8, 4) is 0 Å². The first kappa shape index (κ1) is 32.8. The van der Waals surface area contributed by atoms with Crippen molar-refractivity contribution in [3.63, 3.8) is 0 Å². The molecule has 10 nitrogen and oxygen atoms in total. The zero-order valence-electron chi connectivity index (χ0n) is 22.9. The summed E-state index contributed by atoms with van der Waals surface area (Å²) in [6, 6.07) is 14.4. The molecule has 3 aromatic carbocycles. The minimum atomic E-state index is -4.35. The predicted molar refractivity (Wildman–Crippen MR) is 148 cm³/mol. The van der Waals surface area contributed by atoms with E-state index in [1.807, 2.05) is 0 Å². The third-order valence-corrected chi connectivity index (χ3v) is 9.55. The first-order valence-corrected chi connectivity index (χ1v) is 15.7. The SMILES string of the molecule is CCOC(=O)CN(Cc1ccccc1CN(CC(=O)OCC)S(=O)(=O)c1ccc(F)cc1)S(=O)(=O)c1ccc(F)cc1. The number of nitrogens with zero attached hydrogens (tertiary/aromatic N) is 2. The summed E-state index contributed by atoms with van der Waals surface area (Å²) in [4.78, 5) is 24.2. The average molecular weight is 625 g/mol. The van der Waals surface area contributed by atoms with Gasteiger partial charge in [0.2, 0.25) is 20.0 Å². The Morgan fingerprint density at radius 3 is 1.26 bits per heavy atom. The highest BCUT2D eigenvalue weighted by molar-refractivity contribution is 7.89. The Kier molecular flexibility index (Phi) is 11.3. The standard InChI is InChI=1S/C28H30F2N2O8S2/c1-3-39-27(33)19-31(41(35,36)25-13-9-23(29)10-14-25)17-21-7-5-6-8-22(21)18-32(20-28(34)40-4-2)42(37,38)26-15-11-24(30)12-16-26/h5-16H,3-4,17-20H2,1-2H3. The van der Waals surface area contributed by atoms with E-state index in [9.17, 15) is 35.2 Å². The Morgan fingerprint density at radius 2 is 0.952 bits per heavy atom. The van der Waals surface area contributed by atoms with Crippen LogP contribution in [0.15, 0.2) is 82.6 Å². The molecule has 0 aliphatic carbocycles. The molecule has 0 saturated heterocycles. The molecule has 3 rings (SSSR count). The maximum atomic E-state index is 13.5. The number of sulfonamides is 2. The van der Waals surface area contributed by atoms with E-state index in [2.05, 4.69) is 0 Å². The van der Waals surface area contributed by atoms with Crippen LogP contribution >= 0.6 is 0 Å². The van der Waals surface area contributed by atoms with Gasteiger partial charge in [0.1, 0.15) is 24.7 Å². The fourth-order valence-electron chi connectivity index (χ4n) is 3.91. The van der Waals surface area contributed by atoms with Crippen molar-refractivity contribution in [1.29, 1.82) is 0 Å². The molecule has 0 bridgehead atoms. The highest BCUT2D eigenvalue weighted by atomic mass is 32.2. The van der Waals surface area contributed by atoms with Gasteiger partial charge in [-0.3, -0.25) is 9.59 Å². The first-order valence-electron chi connectivity index (χ1n) is 12.8. The van der Waals surface area contributed by atoms with Gasteiger partial charge in [0.25, 0.3) is 0 Å². The van der Waals surface area contributed by atoms with Gasteiger partial charge >= 0.3 is 11.9 Å². The fourth-order valence-corrected chi connectivity index (χ4v) is 6.64. The second-order valence-corrected chi connectivity index (χ2v) is 12.7. The van der Waals surface area contributed by atoms with E-state index in [0.29, 0.717) is 11.1 Å². The summed E-state index contributed by atoms with van der Waals surface area (Å²) < 4.78 is 92.6. The van der Waals surface area contributed by atoms with Crippen molar-refractivity contribution in [2.75, 3.05) is 26.3 Å². The minimum Gasteiger partial charge on any atom is -0.465 e. The van der Waals surface area contributed by atoms with Crippen LogP contribution in [0.1, 0.15) is 25.0 Å². The maximum absolute atomic E-state index is 13.5. The Bertz CT molecular complexity index is 1480. The number of ether oxygens (including phenoxy) is 2. The molecule has 0 radical (unpaired) electrons. The van der Waals surface area contributed by atoms with E-state index < -0.39 is 69.8 Å². The van der Waals surface area contributed by atoms with Crippen LogP contribution < -0.4 is 0 Å². The normalized spacial score (nSPS) is 12.0. The third-order valence-electron chi connectivity index (χ3n) is 5.94. The molecule has 0 unspecified atom stereocenters. The first-order chi connectivity index (χ1) is 19.9. The van der Waals surface area contributed by atoms with Gasteiger partial charge in [-0.05, 0) is 73.5 Å². The minimum absolute atomic E-state index is 0.00389. The van der Waals surface area contributed by atoms with Gasteiger partial charge in [-0.2, -0.15) is 8.61 Å². The summed E-state index contributed by atoms with van der Waals surface area (Å²) in [7, 11) is -8.70. The van der Waals surface area contributed by atoms with E-state index in [1.54, 1.807) is 38.1 Å². The number of rotatable bonds is 14.